The van der Waals surface area contributed by atoms with Crippen molar-refractivity contribution in [2.45, 2.75) is 11.8 Å². The number of carbonyl (C=O) groups is 1. The third kappa shape index (κ3) is 5.44. The summed E-state index contributed by atoms with van der Waals surface area (Å²) in [5.74, 6) is -0.239. The molecule has 0 fully saturated rings. The molecule has 4 rings (SSSR count). The van der Waals surface area contributed by atoms with Crippen LogP contribution in [0.2, 0.25) is 0 Å². The van der Waals surface area contributed by atoms with Crippen LogP contribution in [0, 0.1) is 6.92 Å². The molecule has 176 valence electrons. The molecule has 0 aliphatic heterocycles. The molecule has 1 heterocycles. The van der Waals surface area contributed by atoms with Crippen LogP contribution in [0.3, 0.4) is 0 Å². The van der Waals surface area contributed by atoms with E-state index in [9.17, 15) is 13.2 Å². The van der Waals surface area contributed by atoms with Crippen LogP contribution < -0.4 is 9.62 Å². The van der Waals surface area contributed by atoms with E-state index < -0.39 is 10.0 Å². The van der Waals surface area contributed by atoms with Crippen LogP contribution >= 0.6 is 11.3 Å². The molecule has 7 nitrogen and oxygen atoms in total. The molecule has 0 saturated carbocycles. The number of nitrogens with zero attached hydrogens (tertiary/aromatic N) is 3. The molecule has 0 aliphatic carbocycles. The number of hydrogen-bond donors (Lipinski definition) is 1. The van der Waals surface area contributed by atoms with Crippen molar-refractivity contribution in [3.05, 3.63) is 83.9 Å². The van der Waals surface area contributed by atoms with Gasteiger partial charge in [-0.3, -0.25) is 14.4 Å². The van der Waals surface area contributed by atoms with Crippen molar-refractivity contribution in [3.8, 4) is 0 Å². The minimum atomic E-state index is -3.78. The number of aryl methyl sites for hydroxylation is 1. The lowest BCUT2D eigenvalue weighted by molar-refractivity contribution is 0.0985. The number of hydrogen-bond acceptors (Lipinski definition) is 6. The van der Waals surface area contributed by atoms with E-state index in [1.54, 1.807) is 53.4 Å². The van der Waals surface area contributed by atoms with Crippen molar-refractivity contribution >= 4 is 48.3 Å². The summed E-state index contributed by atoms with van der Waals surface area (Å²) in [7, 11) is 0.116. The van der Waals surface area contributed by atoms with E-state index in [0.29, 0.717) is 29.5 Å². The Morgan fingerprint density at radius 1 is 0.971 bits per heavy atom. The molecule has 0 atom stereocenters. The van der Waals surface area contributed by atoms with Gasteiger partial charge in [0.15, 0.2) is 5.13 Å². The highest BCUT2D eigenvalue weighted by Gasteiger charge is 2.22. The number of fused-ring (bicyclic) bond motifs is 1. The zero-order chi connectivity index (χ0) is 24.3. The van der Waals surface area contributed by atoms with Crippen molar-refractivity contribution in [3.63, 3.8) is 0 Å². The van der Waals surface area contributed by atoms with Crippen LogP contribution in [0.25, 0.3) is 10.2 Å². The first kappa shape index (κ1) is 23.9. The molecular formula is C25H26N4O3S2. The molecule has 34 heavy (non-hydrogen) atoms. The van der Waals surface area contributed by atoms with Crippen molar-refractivity contribution in [1.82, 2.24) is 9.88 Å². The summed E-state index contributed by atoms with van der Waals surface area (Å²) in [5.41, 5.74) is 2.51. The minimum absolute atomic E-state index is 0.164. The number of likely N-dealkylation sites (N-methyl/N-ethyl adjacent to an activating group) is 1. The predicted molar refractivity (Wildman–Crippen MR) is 138 cm³/mol. The summed E-state index contributed by atoms with van der Waals surface area (Å²) in [6.45, 7) is 3.00. The van der Waals surface area contributed by atoms with Gasteiger partial charge in [-0.1, -0.05) is 47.2 Å². The molecule has 0 spiro atoms. The summed E-state index contributed by atoms with van der Waals surface area (Å²) in [6.07, 6.45) is 0. The van der Waals surface area contributed by atoms with Gasteiger partial charge in [-0.05, 0) is 63.5 Å². The summed E-state index contributed by atoms with van der Waals surface area (Å²) in [4.78, 5) is 22.0. The average molecular weight is 495 g/mol. The average Bonchev–Trinajstić information content (AvgIpc) is 3.23. The first-order valence-corrected chi connectivity index (χ1v) is 13.0. The maximum Gasteiger partial charge on any atom is 0.261 e. The Morgan fingerprint density at radius 2 is 1.71 bits per heavy atom. The van der Waals surface area contributed by atoms with Gasteiger partial charge in [0.1, 0.15) is 0 Å². The van der Waals surface area contributed by atoms with Gasteiger partial charge < -0.3 is 4.90 Å². The molecule has 4 aromatic rings. The lowest BCUT2D eigenvalue weighted by Crippen LogP contribution is -2.36. The molecule has 1 N–H and O–H groups in total. The number of para-hydroxylation sites is 1. The molecule has 0 unspecified atom stereocenters. The van der Waals surface area contributed by atoms with Gasteiger partial charge in [0.2, 0.25) is 0 Å². The summed E-state index contributed by atoms with van der Waals surface area (Å²) < 4.78 is 29.2. The Morgan fingerprint density at radius 3 is 2.41 bits per heavy atom. The first-order chi connectivity index (χ1) is 16.2. The Balaban J connectivity index is 1.63. The molecule has 0 bridgehead atoms. The number of anilines is 2. The second kappa shape index (κ2) is 9.92. The summed E-state index contributed by atoms with van der Waals surface area (Å²) in [5, 5.41) is 0.610. The first-order valence-electron chi connectivity index (χ1n) is 10.7. The second-order valence-electron chi connectivity index (χ2n) is 8.22. The fourth-order valence-electron chi connectivity index (χ4n) is 3.36. The maximum absolute atomic E-state index is 13.6. The number of carbonyl (C=O) groups excluding carboxylic acids is 1. The monoisotopic (exact) mass is 494 g/mol. The van der Waals surface area contributed by atoms with Crippen LogP contribution in [0.1, 0.15) is 15.9 Å². The molecular weight excluding hydrogens is 468 g/mol. The van der Waals surface area contributed by atoms with Crippen molar-refractivity contribution in [2.75, 3.05) is 36.8 Å². The number of sulfonamides is 1. The van der Waals surface area contributed by atoms with Crippen LogP contribution in [-0.2, 0) is 10.0 Å². The van der Waals surface area contributed by atoms with Gasteiger partial charge >= 0.3 is 0 Å². The SMILES string of the molecule is Cc1ccc(S(=O)(=O)Nc2cccc(C(=O)N(CCN(C)C)c3nc4ccccc4s3)c2)cc1. The van der Waals surface area contributed by atoms with Crippen LogP contribution in [0.5, 0.6) is 0 Å². The zero-order valence-electron chi connectivity index (χ0n) is 19.2. The molecule has 1 aromatic heterocycles. The van der Waals surface area contributed by atoms with Gasteiger partial charge in [-0.25, -0.2) is 13.4 Å². The summed E-state index contributed by atoms with van der Waals surface area (Å²) in [6, 6.07) is 20.9. The van der Waals surface area contributed by atoms with E-state index in [1.807, 2.05) is 50.2 Å². The smallest absolute Gasteiger partial charge is 0.261 e. The number of nitrogens with one attached hydrogen (secondary N) is 1. The highest BCUT2D eigenvalue weighted by atomic mass is 32.2. The van der Waals surface area contributed by atoms with Gasteiger partial charge in [0.25, 0.3) is 15.9 Å². The summed E-state index contributed by atoms with van der Waals surface area (Å²) >= 11 is 1.46. The van der Waals surface area contributed by atoms with Gasteiger partial charge in [-0.15, -0.1) is 0 Å². The van der Waals surface area contributed by atoms with E-state index in [2.05, 4.69) is 9.71 Å². The second-order valence-corrected chi connectivity index (χ2v) is 10.9. The highest BCUT2D eigenvalue weighted by molar-refractivity contribution is 7.92. The molecule has 0 radical (unpaired) electrons. The quantitative estimate of drug-likeness (QED) is 0.387. The third-order valence-corrected chi connectivity index (χ3v) is 7.68. The van der Waals surface area contributed by atoms with Crippen molar-refractivity contribution in [1.29, 1.82) is 0 Å². The number of rotatable bonds is 8. The van der Waals surface area contributed by atoms with Crippen LogP contribution in [-0.4, -0.2) is 51.4 Å². The van der Waals surface area contributed by atoms with E-state index in [1.165, 1.54) is 11.3 Å². The molecule has 0 aliphatic rings. The zero-order valence-corrected chi connectivity index (χ0v) is 20.9. The van der Waals surface area contributed by atoms with Crippen molar-refractivity contribution < 1.29 is 13.2 Å². The van der Waals surface area contributed by atoms with Gasteiger partial charge in [0.05, 0.1) is 15.1 Å². The van der Waals surface area contributed by atoms with E-state index in [-0.39, 0.29) is 10.8 Å². The van der Waals surface area contributed by atoms with Crippen molar-refractivity contribution in [2.24, 2.45) is 0 Å². The molecule has 3 aromatic carbocycles. The maximum atomic E-state index is 13.6. The predicted octanol–water partition coefficient (Wildman–Crippen LogP) is 4.61. The Labute approximate surface area is 203 Å². The van der Waals surface area contributed by atoms with Gasteiger partial charge in [-0.2, -0.15) is 0 Å². The largest absolute Gasteiger partial charge is 0.308 e. The highest BCUT2D eigenvalue weighted by Crippen LogP contribution is 2.30. The Hall–Kier alpha value is -3.27. The van der Waals surface area contributed by atoms with Gasteiger partial charge in [0, 0.05) is 24.3 Å². The van der Waals surface area contributed by atoms with Crippen LogP contribution in [0.4, 0.5) is 10.8 Å². The number of benzene rings is 3. The molecule has 9 heteroatoms. The van der Waals surface area contributed by atoms with Crippen LogP contribution in [0.15, 0.2) is 77.7 Å². The Kier molecular flexibility index (Phi) is 6.97. The molecule has 0 saturated heterocycles. The number of thiazole rings is 1. The lowest BCUT2D eigenvalue weighted by Gasteiger charge is -2.22. The fourth-order valence-corrected chi connectivity index (χ4v) is 5.40. The minimum Gasteiger partial charge on any atom is -0.308 e. The van der Waals surface area contributed by atoms with E-state index in [4.69, 9.17) is 0 Å². The third-order valence-electron chi connectivity index (χ3n) is 5.22. The lowest BCUT2D eigenvalue weighted by atomic mass is 10.2. The Bertz CT molecular complexity index is 1380. The number of aromatic nitrogens is 1. The normalized spacial score (nSPS) is 11.6. The number of amides is 1. The standard InChI is InChI=1S/C25H26N4O3S2/c1-18-11-13-21(14-12-18)34(31,32)27-20-8-6-7-19(17-20)24(30)29(16-15-28(2)3)25-26-22-9-4-5-10-23(22)33-25/h4-14,17,27H,15-16H2,1-3H3. The van der Waals surface area contributed by atoms with E-state index in [0.717, 1.165) is 15.8 Å². The topological polar surface area (TPSA) is 82.6 Å². The van der Waals surface area contributed by atoms with E-state index >= 15 is 0 Å². The molecule has 1 amide bonds. The fraction of sp³-hybridized carbons (Fsp3) is 0.200.